The largest absolute Gasteiger partial charge is 0.502 e. The van der Waals surface area contributed by atoms with Gasteiger partial charge in [-0.3, -0.25) is 9.69 Å². The molecule has 1 aliphatic heterocycles. The van der Waals surface area contributed by atoms with Crippen molar-refractivity contribution in [2.75, 3.05) is 12.0 Å². The second kappa shape index (κ2) is 7.88. The monoisotopic (exact) mass is 439 g/mol. The van der Waals surface area contributed by atoms with Gasteiger partial charge in [-0.25, -0.2) is 12.8 Å². The van der Waals surface area contributed by atoms with Crippen molar-refractivity contribution in [3.05, 3.63) is 101 Å². The van der Waals surface area contributed by atoms with Gasteiger partial charge < -0.3 is 9.84 Å². The number of benzene rings is 3. The average molecular weight is 439 g/mol. The van der Waals surface area contributed by atoms with Crippen molar-refractivity contribution in [1.29, 1.82) is 0 Å². The highest BCUT2D eigenvalue weighted by Gasteiger charge is 2.47. The number of rotatable bonds is 5. The van der Waals surface area contributed by atoms with Gasteiger partial charge in [0.15, 0.2) is 5.76 Å². The summed E-state index contributed by atoms with van der Waals surface area (Å²) in [6.07, 6.45) is 0. The summed E-state index contributed by atoms with van der Waals surface area (Å²) in [5.74, 6) is -1.72. The first-order valence-corrected chi connectivity index (χ1v) is 10.8. The number of anilines is 1. The zero-order chi connectivity index (χ0) is 22.2. The van der Waals surface area contributed by atoms with Crippen LogP contribution in [0.2, 0.25) is 0 Å². The molecule has 31 heavy (non-hydrogen) atoms. The van der Waals surface area contributed by atoms with Crippen LogP contribution in [0.1, 0.15) is 11.6 Å². The Morgan fingerprint density at radius 3 is 2.13 bits per heavy atom. The maximum absolute atomic E-state index is 13.5. The maximum Gasteiger partial charge on any atom is 0.295 e. The Labute approximate surface area is 178 Å². The number of amides is 1. The van der Waals surface area contributed by atoms with E-state index in [1.807, 2.05) is 0 Å². The van der Waals surface area contributed by atoms with Crippen LogP contribution in [0.25, 0.3) is 0 Å². The van der Waals surface area contributed by atoms with Crippen molar-refractivity contribution in [3.63, 3.8) is 0 Å². The quantitative estimate of drug-likeness (QED) is 0.645. The second-order valence-corrected chi connectivity index (χ2v) is 8.77. The van der Waals surface area contributed by atoms with Crippen LogP contribution >= 0.6 is 0 Å². The molecule has 0 saturated carbocycles. The minimum Gasteiger partial charge on any atom is -0.502 e. The van der Waals surface area contributed by atoms with Gasteiger partial charge in [-0.15, -0.1) is 0 Å². The van der Waals surface area contributed by atoms with Crippen LogP contribution in [0.4, 0.5) is 10.1 Å². The van der Waals surface area contributed by atoms with Gasteiger partial charge in [-0.1, -0.05) is 30.3 Å². The Morgan fingerprint density at radius 1 is 0.935 bits per heavy atom. The van der Waals surface area contributed by atoms with Crippen molar-refractivity contribution in [3.8, 4) is 5.75 Å². The van der Waals surface area contributed by atoms with E-state index in [1.54, 1.807) is 42.5 Å². The van der Waals surface area contributed by atoms with E-state index in [0.29, 0.717) is 11.3 Å². The topological polar surface area (TPSA) is 83.9 Å². The molecule has 1 atom stereocenters. The lowest BCUT2D eigenvalue weighted by molar-refractivity contribution is -0.117. The first kappa shape index (κ1) is 20.6. The van der Waals surface area contributed by atoms with Crippen LogP contribution < -0.4 is 9.64 Å². The fourth-order valence-electron chi connectivity index (χ4n) is 3.54. The summed E-state index contributed by atoms with van der Waals surface area (Å²) in [5.41, 5.74) is 0.689. The lowest BCUT2D eigenvalue weighted by Gasteiger charge is -2.27. The molecule has 3 aromatic rings. The van der Waals surface area contributed by atoms with Crippen molar-refractivity contribution in [1.82, 2.24) is 0 Å². The van der Waals surface area contributed by atoms with Gasteiger partial charge in [0.25, 0.3) is 5.91 Å². The van der Waals surface area contributed by atoms with Crippen molar-refractivity contribution >= 4 is 21.4 Å². The van der Waals surface area contributed by atoms with Crippen LogP contribution in [0.15, 0.2) is 94.4 Å². The summed E-state index contributed by atoms with van der Waals surface area (Å²) in [6.45, 7) is 0. The number of aliphatic hydroxyl groups is 1. The van der Waals surface area contributed by atoms with Gasteiger partial charge in [0.05, 0.1) is 12.0 Å². The van der Waals surface area contributed by atoms with Crippen molar-refractivity contribution < 1.29 is 27.4 Å². The second-order valence-electron chi connectivity index (χ2n) is 6.86. The van der Waals surface area contributed by atoms with E-state index in [-0.39, 0.29) is 10.6 Å². The highest BCUT2D eigenvalue weighted by atomic mass is 32.2. The van der Waals surface area contributed by atoms with Crippen LogP contribution in [0.5, 0.6) is 5.75 Å². The molecule has 0 radical (unpaired) electrons. The Balaban J connectivity index is 1.93. The molecular formula is C23H18FNO5S. The summed E-state index contributed by atoms with van der Waals surface area (Å²) in [5, 5.41) is 10.7. The predicted molar refractivity (Wildman–Crippen MR) is 113 cm³/mol. The fourth-order valence-corrected chi connectivity index (χ4v) is 5.19. The van der Waals surface area contributed by atoms with E-state index < -0.39 is 38.3 Å². The minimum atomic E-state index is -4.22. The first-order chi connectivity index (χ1) is 14.8. The number of aliphatic hydroxyl groups excluding tert-OH is 1. The third-order valence-corrected chi connectivity index (χ3v) is 6.93. The van der Waals surface area contributed by atoms with Gasteiger partial charge in [0.1, 0.15) is 22.5 Å². The fraction of sp³-hybridized carbons (Fsp3) is 0.0870. The lowest BCUT2D eigenvalue weighted by atomic mass is 10.1. The molecule has 1 heterocycles. The molecule has 0 fully saturated rings. The highest BCUT2D eigenvalue weighted by Crippen LogP contribution is 2.45. The van der Waals surface area contributed by atoms with Crippen LogP contribution in [-0.2, 0) is 14.6 Å². The highest BCUT2D eigenvalue weighted by molar-refractivity contribution is 7.95. The Bertz CT molecular complexity index is 1250. The summed E-state index contributed by atoms with van der Waals surface area (Å²) >= 11 is 0. The first-order valence-electron chi connectivity index (χ1n) is 9.31. The summed E-state index contributed by atoms with van der Waals surface area (Å²) in [6, 6.07) is 18.0. The normalized spacial score (nSPS) is 16.6. The number of carbonyl (C=O) groups excluding carboxylic acids is 1. The molecule has 1 N–H and O–H groups in total. The molecule has 0 spiro atoms. The Morgan fingerprint density at radius 2 is 1.55 bits per heavy atom. The Kier molecular flexibility index (Phi) is 5.24. The molecule has 1 unspecified atom stereocenters. The van der Waals surface area contributed by atoms with Gasteiger partial charge in [0, 0.05) is 5.69 Å². The smallest absolute Gasteiger partial charge is 0.295 e. The third-order valence-electron chi connectivity index (χ3n) is 5.04. The number of nitrogens with zero attached hydrogens (tertiary/aromatic N) is 1. The summed E-state index contributed by atoms with van der Waals surface area (Å²) < 4.78 is 45.5. The molecule has 0 aliphatic carbocycles. The molecule has 0 saturated heterocycles. The van der Waals surface area contributed by atoms with E-state index in [0.717, 1.165) is 17.0 Å². The average Bonchev–Trinajstić information content (AvgIpc) is 3.06. The molecule has 1 amide bonds. The molecule has 3 aromatic carbocycles. The third kappa shape index (κ3) is 3.55. The van der Waals surface area contributed by atoms with E-state index in [9.17, 15) is 22.7 Å². The predicted octanol–water partition coefficient (Wildman–Crippen LogP) is 4.17. The van der Waals surface area contributed by atoms with Gasteiger partial charge >= 0.3 is 0 Å². The number of methoxy groups -OCH3 is 1. The summed E-state index contributed by atoms with van der Waals surface area (Å²) in [7, 11) is -2.73. The lowest BCUT2D eigenvalue weighted by Crippen LogP contribution is -2.31. The number of hydrogen-bond acceptors (Lipinski definition) is 5. The molecule has 1 aliphatic rings. The van der Waals surface area contributed by atoms with Crippen molar-refractivity contribution in [2.45, 2.75) is 10.9 Å². The van der Waals surface area contributed by atoms with Gasteiger partial charge in [0.2, 0.25) is 9.84 Å². The SMILES string of the molecule is COc1ccc(C2C(S(=O)(=O)c3ccccc3)=C(O)C(=O)N2c2ccc(F)cc2)cc1. The van der Waals surface area contributed by atoms with Crippen LogP contribution in [0, 0.1) is 5.82 Å². The van der Waals surface area contributed by atoms with Crippen LogP contribution in [0.3, 0.4) is 0 Å². The Hall–Kier alpha value is -3.65. The number of ether oxygens (including phenoxy) is 1. The van der Waals surface area contributed by atoms with E-state index in [1.165, 1.54) is 31.4 Å². The van der Waals surface area contributed by atoms with E-state index in [4.69, 9.17) is 4.74 Å². The zero-order valence-electron chi connectivity index (χ0n) is 16.4. The molecule has 0 aromatic heterocycles. The maximum atomic E-state index is 13.5. The number of hydrogen-bond donors (Lipinski definition) is 1. The molecule has 6 nitrogen and oxygen atoms in total. The van der Waals surface area contributed by atoms with Crippen LogP contribution in [-0.4, -0.2) is 26.5 Å². The molecule has 158 valence electrons. The summed E-state index contributed by atoms with van der Waals surface area (Å²) in [4.78, 5) is 13.7. The van der Waals surface area contributed by atoms with Crippen molar-refractivity contribution in [2.24, 2.45) is 0 Å². The molecule has 8 heteroatoms. The molecule has 0 bridgehead atoms. The molecular weight excluding hydrogens is 421 g/mol. The van der Waals surface area contributed by atoms with Gasteiger partial charge in [-0.05, 0) is 54.1 Å². The number of halogens is 1. The molecule has 4 rings (SSSR count). The van der Waals surface area contributed by atoms with Gasteiger partial charge in [-0.2, -0.15) is 0 Å². The number of sulfone groups is 1. The van der Waals surface area contributed by atoms with E-state index >= 15 is 0 Å². The van der Waals surface area contributed by atoms with E-state index in [2.05, 4.69) is 0 Å². The number of carbonyl (C=O) groups is 1. The zero-order valence-corrected chi connectivity index (χ0v) is 17.2. The minimum absolute atomic E-state index is 0.0520. The standard InChI is InChI=1S/C23H18FNO5S/c1-30-18-13-7-15(8-14-18)20-22(31(28,29)19-5-3-2-4-6-19)21(26)23(27)25(20)17-11-9-16(24)10-12-17/h2-14,20,26H,1H3.